The number of hydrogen-bond acceptors (Lipinski definition) is 5. The molecular formula is C25H32ClN3O3S. The average Bonchev–Trinajstić information content (AvgIpc) is 3.24. The molecule has 0 aliphatic rings. The van der Waals surface area contributed by atoms with Crippen LogP contribution < -0.4 is 14.8 Å². The molecule has 0 fully saturated rings. The van der Waals surface area contributed by atoms with Crippen molar-refractivity contribution in [2.24, 2.45) is 0 Å². The van der Waals surface area contributed by atoms with Crippen molar-refractivity contribution >= 4 is 30.1 Å². The average molecular weight is 490 g/mol. The lowest BCUT2D eigenvalue weighted by Gasteiger charge is -2.12. The Balaban J connectivity index is 0.00000385. The van der Waals surface area contributed by atoms with Crippen LogP contribution in [-0.4, -0.2) is 42.0 Å². The molecule has 3 aromatic rings. The van der Waals surface area contributed by atoms with E-state index in [0.717, 1.165) is 47.8 Å². The van der Waals surface area contributed by atoms with Crippen molar-refractivity contribution < 1.29 is 14.3 Å². The second kappa shape index (κ2) is 13.8. The first-order valence-corrected chi connectivity index (χ1v) is 11.9. The molecule has 0 aliphatic heterocycles. The third-order valence-corrected chi connectivity index (χ3v) is 6.13. The molecule has 3 rings (SSSR count). The van der Waals surface area contributed by atoms with Gasteiger partial charge in [-0.3, -0.25) is 4.79 Å². The first-order valence-electron chi connectivity index (χ1n) is 10.9. The number of unbranched alkanes of at least 4 members (excludes halogenated alkanes) is 1. The van der Waals surface area contributed by atoms with E-state index in [1.54, 1.807) is 14.2 Å². The van der Waals surface area contributed by atoms with Crippen LogP contribution in [0.15, 0.2) is 59.9 Å². The number of carbonyl (C=O) groups excluding carboxylic acids is 1. The van der Waals surface area contributed by atoms with Gasteiger partial charge in [-0.25, -0.2) is 4.98 Å². The van der Waals surface area contributed by atoms with Gasteiger partial charge in [0.2, 0.25) is 5.91 Å². The Morgan fingerprint density at radius 3 is 2.55 bits per heavy atom. The maximum Gasteiger partial charge on any atom is 0.230 e. The van der Waals surface area contributed by atoms with E-state index >= 15 is 0 Å². The lowest BCUT2D eigenvalue weighted by molar-refractivity contribution is -0.118. The van der Waals surface area contributed by atoms with E-state index in [-0.39, 0.29) is 18.3 Å². The van der Waals surface area contributed by atoms with Gasteiger partial charge >= 0.3 is 0 Å². The lowest BCUT2D eigenvalue weighted by atomic mass is 10.1. The van der Waals surface area contributed by atoms with Gasteiger partial charge in [0.25, 0.3) is 0 Å². The van der Waals surface area contributed by atoms with Crippen LogP contribution in [0.1, 0.15) is 25.3 Å². The Bertz CT molecular complexity index is 1010. The van der Waals surface area contributed by atoms with Crippen LogP contribution in [0.25, 0.3) is 11.3 Å². The standard InChI is InChI=1S/C25H31N3O3S.ClH/c1-4-5-15-28-21(20-9-7-6-8-10-20)17-27-25(28)32-18-24(29)26-14-13-19-11-12-22(30-2)23(16-19)31-3;/h6-12,16-17H,4-5,13-15,18H2,1-3H3,(H,26,29);1H. The predicted octanol–water partition coefficient (Wildman–Crippen LogP) is 5.24. The Hall–Kier alpha value is -2.64. The van der Waals surface area contributed by atoms with E-state index in [4.69, 9.17) is 9.47 Å². The molecule has 33 heavy (non-hydrogen) atoms. The van der Waals surface area contributed by atoms with Gasteiger partial charge in [-0.2, -0.15) is 0 Å². The minimum atomic E-state index is 0. The van der Waals surface area contributed by atoms with Gasteiger partial charge in [0.05, 0.1) is 31.9 Å². The summed E-state index contributed by atoms with van der Waals surface area (Å²) in [6.45, 7) is 3.64. The van der Waals surface area contributed by atoms with Crippen LogP contribution in [0, 0.1) is 0 Å². The predicted molar refractivity (Wildman–Crippen MR) is 137 cm³/mol. The highest BCUT2D eigenvalue weighted by atomic mass is 35.5. The zero-order chi connectivity index (χ0) is 22.8. The molecule has 0 atom stereocenters. The highest BCUT2D eigenvalue weighted by Gasteiger charge is 2.13. The van der Waals surface area contributed by atoms with E-state index in [2.05, 4.69) is 33.9 Å². The molecule has 8 heteroatoms. The maximum atomic E-state index is 12.4. The van der Waals surface area contributed by atoms with Crippen molar-refractivity contribution in [3.05, 3.63) is 60.3 Å². The summed E-state index contributed by atoms with van der Waals surface area (Å²) in [7, 11) is 3.24. The smallest absolute Gasteiger partial charge is 0.230 e. The molecule has 0 saturated heterocycles. The first kappa shape index (κ1) is 26.6. The molecule has 1 aromatic heterocycles. The molecular weight excluding hydrogens is 458 g/mol. The number of carbonyl (C=O) groups is 1. The quantitative estimate of drug-likeness (QED) is 0.352. The van der Waals surface area contributed by atoms with Gasteiger partial charge in [0.1, 0.15) is 0 Å². The van der Waals surface area contributed by atoms with Gasteiger partial charge in [0, 0.05) is 13.1 Å². The summed E-state index contributed by atoms with van der Waals surface area (Å²) < 4.78 is 12.8. The molecule has 0 bridgehead atoms. The van der Waals surface area contributed by atoms with Crippen molar-refractivity contribution in [2.45, 2.75) is 37.9 Å². The summed E-state index contributed by atoms with van der Waals surface area (Å²) in [5.41, 5.74) is 3.32. The van der Waals surface area contributed by atoms with Crippen LogP contribution in [0.3, 0.4) is 0 Å². The molecule has 0 unspecified atom stereocenters. The van der Waals surface area contributed by atoms with Crippen LogP contribution in [-0.2, 0) is 17.8 Å². The maximum absolute atomic E-state index is 12.4. The number of aromatic nitrogens is 2. The Morgan fingerprint density at radius 2 is 1.85 bits per heavy atom. The number of rotatable bonds is 12. The van der Waals surface area contributed by atoms with Gasteiger partial charge < -0.3 is 19.4 Å². The highest BCUT2D eigenvalue weighted by Crippen LogP contribution is 2.28. The van der Waals surface area contributed by atoms with Crippen molar-refractivity contribution in [3.8, 4) is 22.8 Å². The number of methoxy groups -OCH3 is 2. The molecule has 1 amide bonds. The third kappa shape index (κ3) is 7.44. The zero-order valence-corrected chi connectivity index (χ0v) is 21.0. The summed E-state index contributed by atoms with van der Waals surface area (Å²) in [5, 5.41) is 3.88. The van der Waals surface area contributed by atoms with Crippen LogP contribution >= 0.6 is 24.2 Å². The number of amides is 1. The second-order valence-electron chi connectivity index (χ2n) is 7.38. The SMILES string of the molecule is CCCCn1c(-c2ccccc2)cnc1SCC(=O)NCCc1ccc(OC)c(OC)c1.Cl. The molecule has 0 radical (unpaired) electrons. The van der Waals surface area contributed by atoms with Crippen molar-refractivity contribution in [1.82, 2.24) is 14.9 Å². The van der Waals surface area contributed by atoms with Crippen molar-refractivity contribution in [2.75, 3.05) is 26.5 Å². The van der Waals surface area contributed by atoms with E-state index in [9.17, 15) is 4.79 Å². The fourth-order valence-corrected chi connectivity index (χ4v) is 4.24. The van der Waals surface area contributed by atoms with Gasteiger partial charge in [0.15, 0.2) is 16.7 Å². The Labute approximate surface area is 206 Å². The summed E-state index contributed by atoms with van der Waals surface area (Å²) in [4.78, 5) is 17.0. The largest absolute Gasteiger partial charge is 0.493 e. The fourth-order valence-electron chi connectivity index (χ4n) is 3.41. The second-order valence-corrected chi connectivity index (χ2v) is 8.32. The number of benzene rings is 2. The Kier molecular flexibility index (Phi) is 11.1. The number of nitrogens with one attached hydrogen (secondary N) is 1. The highest BCUT2D eigenvalue weighted by molar-refractivity contribution is 7.99. The lowest BCUT2D eigenvalue weighted by Crippen LogP contribution is -2.27. The number of imidazole rings is 1. The fraction of sp³-hybridized carbons (Fsp3) is 0.360. The number of halogens is 1. The van der Waals surface area contributed by atoms with E-state index in [0.29, 0.717) is 23.8 Å². The molecule has 1 N–H and O–H groups in total. The number of nitrogens with zero attached hydrogens (tertiary/aromatic N) is 2. The van der Waals surface area contributed by atoms with Crippen molar-refractivity contribution in [1.29, 1.82) is 0 Å². The first-order chi connectivity index (χ1) is 15.7. The summed E-state index contributed by atoms with van der Waals surface area (Å²) in [6, 6.07) is 16.1. The molecule has 0 saturated carbocycles. The van der Waals surface area contributed by atoms with Crippen LogP contribution in [0.5, 0.6) is 11.5 Å². The summed E-state index contributed by atoms with van der Waals surface area (Å²) in [6.07, 6.45) is 4.80. The number of ether oxygens (including phenoxy) is 2. The molecule has 0 spiro atoms. The van der Waals surface area contributed by atoms with Gasteiger partial charge in [-0.05, 0) is 36.1 Å². The molecule has 0 aliphatic carbocycles. The topological polar surface area (TPSA) is 65.4 Å². The minimum absolute atomic E-state index is 0. The van der Waals surface area contributed by atoms with Crippen LogP contribution in [0.4, 0.5) is 0 Å². The molecule has 178 valence electrons. The van der Waals surface area contributed by atoms with E-state index in [1.807, 2.05) is 42.6 Å². The minimum Gasteiger partial charge on any atom is -0.493 e. The summed E-state index contributed by atoms with van der Waals surface area (Å²) in [5.74, 6) is 1.73. The van der Waals surface area contributed by atoms with Gasteiger partial charge in [-0.1, -0.05) is 61.5 Å². The van der Waals surface area contributed by atoms with Crippen molar-refractivity contribution in [3.63, 3.8) is 0 Å². The Morgan fingerprint density at radius 1 is 1.09 bits per heavy atom. The molecule has 6 nitrogen and oxygen atoms in total. The normalized spacial score (nSPS) is 10.4. The monoisotopic (exact) mass is 489 g/mol. The molecule has 1 heterocycles. The number of thioether (sulfide) groups is 1. The molecule has 2 aromatic carbocycles. The van der Waals surface area contributed by atoms with E-state index in [1.165, 1.54) is 11.8 Å². The third-order valence-electron chi connectivity index (χ3n) is 5.14. The zero-order valence-electron chi connectivity index (χ0n) is 19.4. The van der Waals surface area contributed by atoms with E-state index < -0.39 is 0 Å². The van der Waals surface area contributed by atoms with Gasteiger partial charge in [-0.15, -0.1) is 12.4 Å². The number of hydrogen-bond donors (Lipinski definition) is 1. The van der Waals surface area contributed by atoms with Crippen LogP contribution in [0.2, 0.25) is 0 Å². The summed E-state index contributed by atoms with van der Waals surface area (Å²) >= 11 is 1.48.